The van der Waals surface area contributed by atoms with E-state index in [1.54, 1.807) is 12.1 Å². The molecule has 2 aromatic carbocycles. The molecule has 0 aliphatic rings. The highest BCUT2D eigenvalue weighted by molar-refractivity contribution is 7.26. The standard InChI is InChI=1S/C14H12O4S/c1-17-11-9(15)5-3-7-8-4-6-10(16)12(18-2)14(8)19-13(7)11/h3-6,15-16H,1-2H3. The van der Waals surface area contributed by atoms with Gasteiger partial charge in [0.2, 0.25) is 0 Å². The van der Waals surface area contributed by atoms with E-state index in [9.17, 15) is 10.2 Å². The second-order valence-corrected chi connectivity index (χ2v) is 5.11. The minimum absolute atomic E-state index is 0.102. The molecule has 0 bridgehead atoms. The van der Waals surface area contributed by atoms with Gasteiger partial charge in [-0.1, -0.05) is 0 Å². The van der Waals surface area contributed by atoms with Crippen LogP contribution in [-0.4, -0.2) is 24.4 Å². The van der Waals surface area contributed by atoms with E-state index >= 15 is 0 Å². The summed E-state index contributed by atoms with van der Waals surface area (Å²) in [5.41, 5.74) is 0. The fourth-order valence-electron chi connectivity index (χ4n) is 2.23. The molecule has 3 aromatic rings. The number of benzene rings is 2. The van der Waals surface area contributed by atoms with Gasteiger partial charge < -0.3 is 19.7 Å². The third-order valence-corrected chi connectivity index (χ3v) is 4.30. The molecule has 0 atom stereocenters. The van der Waals surface area contributed by atoms with E-state index in [2.05, 4.69) is 0 Å². The molecule has 3 rings (SSSR count). The maximum absolute atomic E-state index is 9.82. The number of hydrogen-bond donors (Lipinski definition) is 2. The largest absolute Gasteiger partial charge is 0.504 e. The van der Waals surface area contributed by atoms with Gasteiger partial charge in [0.25, 0.3) is 0 Å². The van der Waals surface area contributed by atoms with Crippen molar-refractivity contribution in [1.82, 2.24) is 0 Å². The van der Waals surface area contributed by atoms with Crippen molar-refractivity contribution in [2.24, 2.45) is 0 Å². The summed E-state index contributed by atoms with van der Waals surface area (Å²) >= 11 is 1.42. The van der Waals surface area contributed by atoms with Crippen molar-refractivity contribution in [2.45, 2.75) is 0 Å². The maximum atomic E-state index is 9.82. The van der Waals surface area contributed by atoms with Crippen LogP contribution in [0.5, 0.6) is 23.0 Å². The van der Waals surface area contributed by atoms with Gasteiger partial charge in [-0.15, -0.1) is 11.3 Å². The SMILES string of the molecule is COc1c(O)ccc2c1sc1c(OC)c(O)ccc12. The summed E-state index contributed by atoms with van der Waals surface area (Å²) in [7, 11) is 3.04. The van der Waals surface area contributed by atoms with Gasteiger partial charge in [0.15, 0.2) is 23.0 Å². The molecule has 0 spiro atoms. The molecule has 4 nitrogen and oxygen atoms in total. The average molecular weight is 276 g/mol. The second-order valence-electron chi connectivity index (χ2n) is 4.09. The van der Waals surface area contributed by atoms with E-state index in [4.69, 9.17) is 9.47 Å². The predicted molar refractivity (Wildman–Crippen MR) is 75.8 cm³/mol. The molecule has 0 aliphatic carbocycles. The lowest BCUT2D eigenvalue weighted by molar-refractivity contribution is 0.378. The van der Waals surface area contributed by atoms with Crippen LogP contribution in [0, 0.1) is 0 Å². The van der Waals surface area contributed by atoms with Gasteiger partial charge in [0, 0.05) is 10.8 Å². The monoisotopic (exact) mass is 276 g/mol. The van der Waals surface area contributed by atoms with Crippen molar-refractivity contribution >= 4 is 31.5 Å². The molecule has 0 aliphatic heterocycles. The first kappa shape index (κ1) is 11.9. The van der Waals surface area contributed by atoms with E-state index in [-0.39, 0.29) is 11.5 Å². The number of phenolic OH excluding ortho intramolecular Hbond substituents is 2. The lowest BCUT2D eigenvalue weighted by atomic mass is 10.1. The molecule has 0 fully saturated rings. The van der Waals surface area contributed by atoms with E-state index in [0.29, 0.717) is 11.5 Å². The van der Waals surface area contributed by atoms with Crippen LogP contribution in [0.1, 0.15) is 0 Å². The van der Waals surface area contributed by atoms with Crippen LogP contribution in [-0.2, 0) is 0 Å². The smallest absolute Gasteiger partial charge is 0.178 e. The number of hydrogen-bond acceptors (Lipinski definition) is 5. The zero-order valence-electron chi connectivity index (χ0n) is 10.4. The summed E-state index contributed by atoms with van der Waals surface area (Å²) in [6, 6.07) is 6.88. The highest BCUT2D eigenvalue weighted by Crippen LogP contribution is 2.48. The lowest BCUT2D eigenvalue weighted by Crippen LogP contribution is -1.83. The fourth-order valence-corrected chi connectivity index (χ4v) is 3.57. The predicted octanol–water partition coefficient (Wildman–Crippen LogP) is 3.48. The summed E-state index contributed by atoms with van der Waals surface area (Å²) in [6.45, 7) is 0. The lowest BCUT2D eigenvalue weighted by Gasteiger charge is -2.03. The average Bonchev–Trinajstić information content (AvgIpc) is 2.77. The first-order chi connectivity index (χ1) is 9.17. The summed E-state index contributed by atoms with van der Waals surface area (Å²) in [4.78, 5) is 0. The van der Waals surface area contributed by atoms with Crippen molar-refractivity contribution in [3.8, 4) is 23.0 Å². The number of methoxy groups -OCH3 is 2. The highest BCUT2D eigenvalue weighted by atomic mass is 32.1. The van der Waals surface area contributed by atoms with E-state index in [1.807, 2.05) is 12.1 Å². The van der Waals surface area contributed by atoms with Crippen LogP contribution in [0.25, 0.3) is 20.2 Å². The summed E-state index contributed by atoms with van der Waals surface area (Å²) < 4.78 is 12.2. The Balaban J connectivity index is 2.51. The van der Waals surface area contributed by atoms with Crippen molar-refractivity contribution in [3.05, 3.63) is 24.3 Å². The van der Waals surface area contributed by atoms with E-state index in [0.717, 1.165) is 20.2 Å². The van der Waals surface area contributed by atoms with Crippen LogP contribution in [0.3, 0.4) is 0 Å². The number of fused-ring (bicyclic) bond motifs is 3. The molecule has 0 radical (unpaired) electrons. The zero-order chi connectivity index (χ0) is 13.6. The molecule has 0 saturated carbocycles. The van der Waals surface area contributed by atoms with Gasteiger partial charge in [-0.2, -0.15) is 0 Å². The molecule has 19 heavy (non-hydrogen) atoms. The van der Waals surface area contributed by atoms with E-state index in [1.165, 1.54) is 25.6 Å². The number of rotatable bonds is 2. The van der Waals surface area contributed by atoms with Gasteiger partial charge in [0.05, 0.1) is 23.6 Å². The Morgan fingerprint density at radius 2 is 1.21 bits per heavy atom. The quantitative estimate of drug-likeness (QED) is 0.752. The maximum Gasteiger partial charge on any atom is 0.178 e. The second kappa shape index (κ2) is 4.20. The van der Waals surface area contributed by atoms with Crippen molar-refractivity contribution < 1.29 is 19.7 Å². The van der Waals surface area contributed by atoms with Crippen LogP contribution in [0.4, 0.5) is 0 Å². The van der Waals surface area contributed by atoms with Crippen molar-refractivity contribution in [1.29, 1.82) is 0 Å². The summed E-state index contributed by atoms with van der Waals surface area (Å²) in [6.07, 6.45) is 0. The van der Waals surface area contributed by atoms with Gasteiger partial charge in [-0.3, -0.25) is 0 Å². The van der Waals surface area contributed by atoms with Crippen molar-refractivity contribution in [3.63, 3.8) is 0 Å². The summed E-state index contributed by atoms with van der Waals surface area (Å²) in [5.74, 6) is 1.09. The van der Waals surface area contributed by atoms with Gasteiger partial charge in [0.1, 0.15) is 0 Å². The van der Waals surface area contributed by atoms with Gasteiger partial charge in [-0.25, -0.2) is 0 Å². The Hall–Kier alpha value is -2.14. The molecular weight excluding hydrogens is 264 g/mol. The third kappa shape index (κ3) is 1.58. The molecule has 0 amide bonds. The Bertz CT molecular complexity index is 712. The third-order valence-electron chi connectivity index (χ3n) is 3.09. The van der Waals surface area contributed by atoms with Gasteiger partial charge in [-0.05, 0) is 24.3 Å². The first-order valence-electron chi connectivity index (χ1n) is 5.65. The van der Waals surface area contributed by atoms with Crippen LogP contribution in [0.2, 0.25) is 0 Å². The normalized spacial score (nSPS) is 11.1. The molecule has 1 heterocycles. The van der Waals surface area contributed by atoms with Gasteiger partial charge >= 0.3 is 0 Å². The summed E-state index contributed by atoms with van der Waals surface area (Å²) in [5, 5.41) is 21.6. The fraction of sp³-hybridized carbons (Fsp3) is 0.143. The van der Waals surface area contributed by atoms with Crippen LogP contribution >= 0.6 is 11.3 Å². The number of ether oxygens (including phenoxy) is 2. The first-order valence-corrected chi connectivity index (χ1v) is 6.47. The highest BCUT2D eigenvalue weighted by Gasteiger charge is 2.17. The number of phenols is 2. The minimum atomic E-state index is 0.102. The molecule has 2 N–H and O–H groups in total. The Morgan fingerprint density at radius 1 is 0.789 bits per heavy atom. The van der Waals surface area contributed by atoms with Crippen molar-refractivity contribution in [2.75, 3.05) is 14.2 Å². The molecule has 98 valence electrons. The number of aromatic hydroxyl groups is 2. The Morgan fingerprint density at radius 3 is 1.58 bits per heavy atom. The van der Waals surface area contributed by atoms with Crippen LogP contribution < -0.4 is 9.47 Å². The zero-order valence-corrected chi connectivity index (χ0v) is 11.2. The van der Waals surface area contributed by atoms with E-state index < -0.39 is 0 Å². The number of thiophene rings is 1. The topological polar surface area (TPSA) is 58.9 Å². The molecular formula is C14H12O4S. The minimum Gasteiger partial charge on any atom is -0.504 e. The Kier molecular flexibility index (Phi) is 2.64. The molecule has 5 heteroatoms. The molecule has 0 unspecified atom stereocenters. The molecule has 1 aromatic heterocycles. The van der Waals surface area contributed by atoms with Crippen LogP contribution in [0.15, 0.2) is 24.3 Å². The Labute approximate surface area is 113 Å². The molecule has 0 saturated heterocycles.